The molecule has 0 aliphatic carbocycles. The number of hydrogen-bond acceptors (Lipinski definition) is 6. The second-order valence-electron chi connectivity index (χ2n) is 7.19. The molecule has 3 aromatic rings. The van der Waals surface area contributed by atoms with Gasteiger partial charge in [0, 0.05) is 37.6 Å². The van der Waals surface area contributed by atoms with Crippen LogP contribution >= 0.6 is 0 Å². The van der Waals surface area contributed by atoms with Gasteiger partial charge in [0.15, 0.2) is 5.82 Å². The van der Waals surface area contributed by atoms with E-state index in [-0.39, 0.29) is 6.04 Å². The summed E-state index contributed by atoms with van der Waals surface area (Å²) in [6, 6.07) is 7.98. The van der Waals surface area contributed by atoms with Crippen LogP contribution in [0.1, 0.15) is 49.7 Å². The van der Waals surface area contributed by atoms with Crippen LogP contribution in [0.25, 0.3) is 11.6 Å². The maximum Gasteiger partial charge on any atom is 0.276 e. The predicted molar refractivity (Wildman–Crippen MR) is 105 cm³/mol. The molecule has 1 N–H and O–H groups in total. The van der Waals surface area contributed by atoms with E-state index in [4.69, 9.17) is 4.52 Å². The molecule has 27 heavy (non-hydrogen) atoms. The van der Waals surface area contributed by atoms with E-state index in [0.717, 1.165) is 19.4 Å². The molecule has 0 aliphatic rings. The third kappa shape index (κ3) is 5.44. The van der Waals surface area contributed by atoms with Crippen LogP contribution < -0.4 is 5.32 Å². The molecule has 6 nitrogen and oxygen atoms in total. The van der Waals surface area contributed by atoms with Gasteiger partial charge in [-0.3, -0.25) is 9.97 Å². The summed E-state index contributed by atoms with van der Waals surface area (Å²) < 4.78 is 5.33. The van der Waals surface area contributed by atoms with Crippen LogP contribution in [0.5, 0.6) is 0 Å². The molecule has 142 valence electrons. The number of aromatic nitrogens is 4. The van der Waals surface area contributed by atoms with Gasteiger partial charge in [-0.25, -0.2) is 0 Å². The van der Waals surface area contributed by atoms with Gasteiger partial charge in [-0.2, -0.15) is 4.98 Å². The van der Waals surface area contributed by atoms with Gasteiger partial charge in [0.2, 0.25) is 0 Å². The van der Waals surface area contributed by atoms with Crippen molar-refractivity contribution in [2.45, 2.75) is 46.1 Å². The lowest BCUT2D eigenvalue weighted by atomic mass is 9.96. The SMILES string of the molecule is Cc1ccncc1C(CCC(C)C)NCCc1noc(-c2ccccn2)n1. The van der Waals surface area contributed by atoms with Crippen LogP contribution in [0.3, 0.4) is 0 Å². The Balaban J connectivity index is 1.60. The summed E-state index contributed by atoms with van der Waals surface area (Å²) in [5, 5.41) is 7.73. The largest absolute Gasteiger partial charge is 0.332 e. The van der Waals surface area contributed by atoms with E-state index >= 15 is 0 Å². The number of hydrogen-bond donors (Lipinski definition) is 1. The summed E-state index contributed by atoms with van der Waals surface area (Å²) in [4.78, 5) is 13.0. The van der Waals surface area contributed by atoms with E-state index in [1.165, 1.54) is 11.1 Å². The molecule has 0 fully saturated rings. The lowest BCUT2D eigenvalue weighted by molar-refractivity contribution is 0.414. The summed E-state index contributed by atoms with van der Waals surface area (Å²) in [6.07, 6.45) is 8.48. The van der Waals surface area contributed by atoms with Crippen molar-refractivity contribution in [1.82, 2.24) is 25.4 Å². The highest BCUT2D eigenvalue weighted by Crippen LogP contribution is 2.23. The number of rotatable bonds is 9. The van der Waals surface area contributed by atoms with Gasteiger partial charge in [0.05, 0.1) is 0 Å². The number of nitrogens with zero attached hydrogens (tertiary/aromatic N) is 4. The Morgan fingerprint density at radius 1 is 1.11 bits per heavy atom. The highest BCUT2D eigenvalue weighted by molar-refractivity contribution is 5.45. The molecule has 1 unspecified atom stereocenters. The van der Waals surface area contributed by atoms with Crippen molar-refractivity contribution in [3.8, 4) is 11.6 Å². The first kappa shape index (κ1) is 19.2. The number of nitrogens with one attached hydrogen (secondary N) is 1. The second kappa shape index (κ2) is 9.37. The van der Waals surface area contributed by atoms with E-state index in [1.54, 1.807) is 6.20 Å². The summed E-state index contributed by atoms with van der Waals surface area (Å²) in [5.74, 6) is 1.82. The first-order chi connectivity index (χ1) is 13.1. The number of aryl methyl sites for hydroxylation is 1. The van der Waals surface area contributed by atoms with Gasteiger partial charge in [-0.1, -0.05) is 25.1 Å². The molecule has 3 aromatic heterocycles. The van der Waals surface area contributed by atoms with Gasteiger partial charge >= 0.3 is 0 Å². The van der Waals surface area contributed by atoms with Gasteiger partial charge in [0.25, 0.3) is 5.89 Å². The van der Waals surface area contributed by atoms with E-state index < -0.39 is 0 Å². The van der Waals surface area contributed by atoms with Crippen molar-refractivity contribution in [3.63, 3.8) is 0 Å². The maximum atomic E-state index is 5.33. The molecule has 6 heteroatoms. The second-order valence-corrected chi connectivity index (χ2v) is 7.19. The van der Waals surface area contributed by atoms with Crippen LogP contribution in [0.4, 0.5) is 0 Å². The Morgan fingerprint density at radius 3 is 2.74 bits per heavy atom. The smallest absolute Gasteiger partial charge is 0.276 e. The third-order valence-electron chi connectivity index (χ3n) is 4.58. The zero-order valence-corrected chi connectivity index (χ0v) is 16.2. The van der Waals surface area contributed by atoms with E-state index in [2.05, 4.69) is 52.3 Å². The van der Waals surface area contributed by atoms with Gasteiger partial charge in [-0.15, -0.1) is 0 Å². The molecule has 1 atom stereocenters. The zero-order chi connectivity index (χ0) is 19.1. The van der Waals surface area contributed by atoms with Crippen molar-refractivity contribution in [2.75, 3.05) is 6.54 Å². The lowest BCUT2D eigenvalue weighted by Gasteiger charge is -2.21. The van der Waals surface area contributed by atoms with E-state index in [1.807, 2.05) is 30.6 Å². The molecule has 0 aromatic carbocycles. The molecular formula is C21H27N5O. The minimum atomic E-state index is 0.281. The Kier molecular flexibility index (Phi) is 6.65. The molecular weight excluding hydrogens is 338 g/mol. The van der Waals surface area contributed by atoms with Crippen molar-refractivity contribution >= 4 is 0 Å². The minimum absolute atomic E-state index is 0.281. The molecule has 0 spiro atoms. The molecule has 0 radical (unpaired) electrons. The van der Waals surface area contributed by atoms with Crippen molar-refractivity contribution in [3.05, 3.63) is 59.8 Å². The zero-order valence-electron chi connectivity index (χ0n) is 16.2. The van der Waals surface area contributed by atoms with Crippen LogP contribution in [0.2, 0.25) is 0 Å². The Labute approximate surface area is 160 Å². The van der Waals surface area contributed by atoms with Crippen LogP contribution in [0, 0.1) is 12.8 Å². The first-order valence-corrected chi connectivity index (χ1v) is 9.51. The monoisotopic (exact) mass is 365 g/mol. The van der Waals surface area contributed by atoms with Crippen LogP contribution in [-0.4, -0.2) is 26.7 Å². The van der Waals surface area contributed by atoms with Gasteiger partial charge < -0.3 is 9.84 Å². The average Bonchev–Trinajstić information content (AvgIpc) is 3.15. The molecule has 0 saturated carbocycles. The van der Waals surface area contributed by atoms with Crippen LogP contribution in [0.15, 0.2) is 47.4 Å². The quantitative estimate of drug-likeness (QED) is 0.614. The Bertz CT molecular complexity index is 831. The molecule has 0 aliphatic heterocycles. The molecule has 3 heterocycles. The van der Waals surface area contributed by atoms with Crippen molar-refractivity contribution in [1.29, 1.82) is 0 Å². The highest BCUT2D eigenvalue weighted by atomic mass is 16.5. The fraction of sp³-hybridized carbons (Fsp3) is 0.429. The molecule has 3 rings (SSSR count). The van der Waals surface area contributed by atoms with Crippen molar-refractivity contribution < 1.29 is 4.52 Å². The highest BCUT2D eigenvalue weighted by Gasteiger charge is 2.15. The van der Waals surface area contributed by atoms with Crippen LogP contribution in [-0.2, 0) is 6.42 Å². The first-order valence-electron chi connectivity index (χ1n) is 9.51. The predicted octanol–water partition coefficient (Wildman–Crippen LogP) is 4.14. The minimum Gasteiger partial charge on any atom is -0.332 e. The van der Waals surface area contributed by atoms with Crippen molar-refractivity contribution in [2.24, 2.45) is 5.92 Å². The fourth-order valence-electron chi connectivity index (χ4n) is 3.02. The van der Waals surface area contributed by atoms with Gasteiger partial charge in [-0.05, 0) is 55.0 Å². The lowest BCUT2D eigenvalue weighted by Crippen LogP contribution is -2.25. The molecule has 0 saturated heterocycles. The fourth-order valence-corrected chi connectivity index (χ4v) is 3.02. The number of pyridine rings is 2. The normalized spacial score (nSPS) is 12.4. The maximum absolute atomic E-state index is 5.33. The standard InChI is InChI=1S/C21H27N5O/c1-15(2)7-8-18(17-14-22-12-9-16(17)3)24-13-10-20-25-21(27-26-20)19-6-4-5-11-23-19/h4-6,9,11-12,14-15,18,24H,7-8,10,13H2,1-3H3. The van der Waals surface area contributed by atoms with E-state index in [0.29, 0.717) is 29.7 Å². The Morgan fingerprint density at radius 2 is 2.00 bits per heavy atom. The molecule has 0 bridgehead atoms. The summed E-state index contributed by atoms with van der Waals surface area (Å²) in [7, 11) is 0. The van der Waals surface area contributed by atoms with Gasteiger partial charge in [0.1, 0.15) is 5.69 Å². The topological polar surface area (TPSA) is 76.7 Å². The molecule has 0 amide bonds. The van der Waals surface area contributed by atoms with E-state index in [9.17, 15) is 0 Å². The summed E-state index contributed by atoms with van der Waals surface area (Å²) >= 11 is 0. The Hall–Kier alpha value is -2.60. The third-order valence-corrected chi connectivity index (χ3v) is 4.58. The average molecular weight is 365 g/mol. The summed E-state index contributed by atoms with van der Waals surface area (Å²) in [6.45, 7) is 7.43. The summed E-state index contributed by atoms with van der Waals surface area (Å²) in [5.41, 5.74) is 3.23.